The van der Waals surface area contributed by atoms with Gasteiger partial charge < -0.3 is 0 Å². The Bertz CT molecular complexity index is 459. The van der Waals surface area contributed by atoms with Crippen molar-refractivity contribution in [1.29, 1.82) is 0 Å². The Labute approximate surface area is 91.0 Å². The van der Waals surface area contributed by atoms with Crippen LogP contribution in [0.25, 0.3) is 6.08 Å². The normalized spacial score (nSPS) is 14.4. The summed E-state index contributed by atoms with van der Waals surface area (Å²) in [6.45, 7) is 7.69. The predicted molar refractivity (Wildman–Crippen MR) is 66.6 cm³/mol. The van der Waals surface area contributed by atoms with E-state index in [0.717, 1.165) is 6.42 Å². The van der Waals surface area contributed by atoms with Gasteiger partial charge in [0.15, 0.2) is 0 Å². The van der Waals surface area contributed by atoms with Gasteiger partial charge in [0.05, 0.1) is 0 Å². The van der Waals surface area contributed by atoms with E-state index in [-0.39, 0.29) is 0 Å². The van der Waals surface area contributed by atoms with E-state index >= 15 is 0 Å². The van der Waals surface area contributed by atoms with Gasteiger partial charge in [0.25, 0.3) is 0 Å². The topological polar surface area (TPSA) is 0 Å². The first-order valence-electron chi connectivity index (χ1n) is 5.09. The molecule has 0 amide bonds. The van der Waals surface area contributed by atoms with Gasteiger partial charge in [-0.25, -0.2) is 0 Å². The molecule has 0 heterocycles. The minimum absolute atomic E-state index is 0.939. The Morgan fingerprint density at radius 3 is 2.53 bits per heavy atom. The molecular weight excluding hydrogens is 180 g/mol. The summed E-state index contributed by atoms with van der Waals surface area (Å²) >= 11 is 0. The summed E-state index contributed by atoms with van der Waals surface area (Å²) in [6.07, 6.45) is 9.00. The van der Waals surface area contributed by atoms with Gasteiger partial charge in [0, 0.05) is 0 Å². The van der Waals surface area contributed by atoms with E-state index in [1.807, 2.05) is 12.2 Å². The van der Waals surface area contributed by atoms with Gasteiger partial charge in [-0.3, -0.25) is 0 Å². The third-order valence-corrected chi connectivity index (χ3v) is 2.72. The van der Waals surface area contributed by atoms with Gasteiger partial charge in [0.1, 0.15) is 0 Å². The fraction of sp³-hybridized carbons (Fsp3) is 0.0667. The van der Waals surface area contributed by atoms with Gasteiger partial charge in [0.2, 0.25) is 0 Å². The van der Waals surface area contributed by atoms with Crippen molar-refractivity contribution in [3.05, 3.63) is 77.9 Å². The van der Waals surface area contributed by atoms with Crippen LogP contribution in [0, 0.1) is 0 Å². The average Bonchev–Trinajstić information content (AvgIpc) is 2.47. The largest absolute Gasteiger partial charge is 0.0988 e. The van der Waals surface area contributed by atoms with E-state index in [1.165, 1.54) is 22.3 Å². The van der Waals surface area contributed by atoms with Gasteiger partial charge >= 0.3 is 0 Å². The molecule has 1 aliphatic rings. The van der Waals surface area contributed by atoms with Crippen LogP contribution < -0.4 is 0 Å². The summed E-state index contributed by atoms with van der Waals surface area (Å²) in [4.78, 5) is 0. The second-order valence-corrected chi connectivity index (χ2v) is 3.60. The van der Waals surface area contributed by atoms with E-state index in [0.29, 0.717) is 0 Å². The molecule has 0 spiro atoms. The molecule has 0 saturated carbocycles. The molecule has 15 heavy (non-hydrogen) atoms. The summed E-state index contributed by atoms with van der Waals surface area (Å²) < 4.78 is 0. The zero-order chi connectivity index (χ0) is 10.7. The van der Waals surface area contributed by atoms with Crippen molar-refractivity contribution < 1.29 is 0 Å². The van der Waals surface area contributed by atoms with Crippen molar-refractivity contribution in [2.75, 3.05) is 0 Å². The lowest BCUT2D eigenvalue weighted by atomic mass is 10.00. The van der Waals surface area contributed by atoms with Crippen molar-refractivity contribution >= 4 is 6.08 Å². The minimum Gasteiger partial charge on any atom is -0.0988 e. The molecule has 0 fully saturated rings. The molecule has 74 valence electrons. The average molecular weight is 194 g/mol. The molecule has 1 aromatic carbocycles. The van der Waals surface area contributed by atoms with Crippen molar-refractivity contribution in [2.24, 2.45) is 0 Å². The lowest BCUT2D eigenvalue weighted by Crippen LogP contribution is -1.90. The highest BCUT2D eigenvalue weighted by molar-refractivity contribution is 5.63. The van der Waals surface area contributed by atoms with Gasteiger partial charge in [-0.15, -0.1) is 0 Å². The molecule has 0 radical (unpaired) electrons. The standard InChI is InChI=1S/C15H14/c1-3-12-9-10-14-7-5-6-8-15(14)11-13(12)4-2/h3-10H,1-2,11H2. The van der Waals surface area contributed by atoms with E-state index in [1.54, 1.807) is 0 Å². The van der Waals surface area contributed by atoms with Crippen LogP contribution in [-0.2, 0) is 6.42 Å². The summed E-state index contributed by atoms with van der Waals surface area (Å²) in [5.41, 5.74) is 5.04. The van der Waals surface area contributed by atoms with Crippen molar-refractivity contribution in [2.45, 2.75) is 6.42 Å². The summed E-state index contributed by atoms with van der Waals surface area (Å²) in [5.74, 6) is 0. The number of benzene rings is 1. The van der Waals surface area contributed by atoms with E-state index in [9.17, 15) is 0 Å². The smallest absolute Gasteiger partial charge is 0.00141 e. The Morgan fingerprint density at radius 1 is 1.00 bits per heavy atom. The number of fused-ring (bicyclic) bond motifs is 1. The first-order valence-corrected chi connectivity index (χ1v) is 5.09. The second-order valence-electron chi connectivity index (χ2n) is 3.60. The van der Waals surface area contributed by atoms with Crippen molar-refractivity contribution in [3.63, 3.8) is 0 Å². The number of hydrogen-bond acceptors (Lipinski definition) is 0. The van der Waals surface area contributed by atoms with Crippen LogP contribution in [0.2, 0.25) is 0 Å². The van der Waals surface area contributed by atoms with Gasteiger partial charge in [-0.1, -0.05) is 61.7 Å². The van der Waals surface area contributed by atoms with Crippen LogP contribution in [-0.4, -0.2) is 0 Å². The molecule has 0 saturated heterocycles. The van der Waals surface area contributed by atoms with E-state index in [2.05, 4.69) is 49.6 Å². The molecule has 1 aromatic rings. The molecule has 0 aliphatic heterocycles. The highest BCUT2D eigenvalue weighted by Gasteiger charge is 2.07. The molecule has 0 unspecified atom stereocenters. The van der Waals surface area contributed by atoms with Crippen LogP contribution in [0.3, 0.4) is 0 Å². The Balaban J connectivity index is 2.53. The maximum atomic E-state index is 3.86. The van der Waals surface area contributed by atoms with E-state index in [4.69, 9.17) is 0 Å². The highest BCUT2D eigenvalue weighted by atomic mass is 14.1. The second kappa shape index (κ2) is 4.14. The zero-order valence-electron chi connectivity index (χ0n) is 8.74. The van der Waals surface area contributed by atoms with Crippen LogP contribution in [0.5, 0.6) is 0 Å². The zero-order valence-corrected chi connectivity index (χ0v) is 8.74. The number of allylic oxidation sites excluding steroid dienone is 5. The SMILES string of the molecule is C=CC1=C(C=C)Cc2ccccc2C=C1. The molecule has 0 bridgehead atoms. The lowest BCUT2D eigenvalue weighted by molar-refractivity contribution is 1.18. The molecule has 1 aliphatic carbocycles. The Morgan fingerprint density at radius 2 is 1.80 bits per heavy atom. The summed E-state index contributed by atoms with van der Waals surface area (Å²) in [6, 6.07) is 8.44. The number of hydrogen-bond donors (Lipinski definition) is 0. The fourth-order valence-electron chi connectivity index (χ4n) is 1.84. The van der Waals surface area contributed by atoms with E-state index < -0.39 is 0 Å². The predicted octanol–water partition coefficient (Wildman–Crippen LogP) is 3.92. The van der Waals surface area contributed by atoms with Crippen molar-refractivity contribution in [1.82, 2.24) is 0 Å². The van der Waals surface area contributed by atoms with Crippen molar-refractivity contribution in [3.8, 4) is 0 Å². The summed E-state index contributed by atoms with van der Waals surface area (Å²) in [7, 11) is 0. The van der Waals surface area contributed by atoms with Crippen LogP contribution in [0.15, 0.2) is 66.8 Å². The monoisotopic (exact) mass is 194 g/mol. The molecule has 0 heteroatoms. The maximum absolute atomic E-state index is 3.86. The van der Waals surface area contributed by atoms with Crippen LogP contribution in [0.1, 0.15) is 11.1 Å². The van der Waals surface area contributed by atoms with Gasteiger partial charge in [-0.05, 0) is 28.7 Å². The van der Waals surface area contributed by atoms with Crippen LogP contribution >= 0.6 is 0 Å². The fourth-order valence-corrected chi connectivity index (χ4v) is 1.84. The Hall–Kier alpha value is -1.82. The quantitative estimate of drug-likeness (QED) is 0.669. The maximum Gasteiger partial charge on any atom is -0.00141 e. The molecule has 0 atom stereocenters. The first kappa shape index (κ1) is 9.72. The molecule has 2 rings (SSSR count). The summed E-state index contributed by atoms with van der Waals surface area (Å²) in [5, 5.41) is 0. The highest BCUT2D eigenvalue weighted by Crippen LogP contribution is 2.23. The minimum atomic E-state index is 0.939. The molecule has 0 N–H and O–H groups in total. The Kier molecular flexibility index (Phi) is 2.68. The van der Waals surface area contributed by atoms with Gasteiger partial charge in [-0.2, -0.15) is 0 Å². The first-order chi connectivity index (χ1) is 7.35. The number of rotatable bonds is 2. The molecular formula is C15H14. The van der Waals surface area contributed by atoms with Crippen LogP contribution in [0.4, 0.5) is 0 Å². The third-order valence-electron chi connectivity index (χ3n) is 2.72. The third kappa shape index (κ3) is 1.84. The lowest BCUT2D eigenvalue weighted by Gasteiger charge is -2.05. The molecule has 0 nitrogen and oxygen atoms in total. The molecule has 0 aromatic heterocycles.